The molecule has 5 nitrogen and oxygen atoms in total. The molecule has 0 fully saturated rings. The number of pyridine rings is 1. The zero-order chi connectivity index (χ0) is 13.7. The Kier molecular flexibility index (Phi) is 4.41. The summed E-state index contributed by atoms with van der Waals surface area (Å²) in [4.78, 5) is 13.0. The Morgan fingerprint density at radius 2 is 2.21 bits per heavy atom. The van der Waals surface area contributed by atoms with E-state index in [9.17, 15) is 0 Å². The highest BCUT2D eigenvalue weighted by atomic mass is 16.5. The molecule has 0 aliphatic heterocycles. The molecule has 0 saturated carbocycles. The summed E-state index contributed by atoms with van der Waals surface area (Å²) in [7, 11) is 1.69. The second-order valence-electron chi connectivity index (χ2n) is 4.39. The summed E-state index contributed by atoms with van der Waals surface area (Å²) in [5.41, 5.74) is 1.83. The second-order valence-corrected chi connectivity index (χ2v) is 4.39. The highest BCUT2D eigenvalue weighted by Gasteiger charge is 2.06. The SMILES string of the molecule is COC(C)CNc1cc(C)nc(-c2cccnc2)n1. The number of rotatable bonds is 5. The molecule has 5 heteroatoms. The summed E-state index contributed by atoms with van der Waals surface area (Å²) in [5.74, 6) is 1.48. The molecule has 2 aromatic rings. The van der Waals surface area contributed by atoms with Crippen LogP contribution in [-0.4, -0.2) is 34.7 Å². The molecular formula is C14H18N4O. The lowest BCUT2D eigenvalue weighted by molar-refractivity contribution is 0.128. The first-order chi connectivity index (χ1) is 9.19. The van der Waals surface area contributed by atoms with E-state index in [2.05, 4.69) is 20.3 Å². The lowest BCUT2D eigenvalue weighted by Gasteiger charge is -2.12. The maximum atomic E-state index is 5.20. The van der Waals surface area contributed by atoms with Crippen molar-refractivity contribution in [2.45, 2.75) is 20.0 Å². The van der Waals surface area contributed by atoms with E-state index in [1.54, 1.807) is 19.5 Å². The third-order valence-electron chi connectivity index (χ3n) is 2.75. The van der Waals surface area contributed by atoms with Crippen molar-refractivity contribution < 1.29 is 4.74 Å². The summed E-state index contributed by atoms with van der Waals surface area (Å²) in [6, 6.07) is 5.74. The van der Waals surface area contributed by atoms with Crippen LogP contribution in [0, 0.1) is 6.92 Å². The molecule has 2 aromatic heterocycles. The van der Waals surface area contributed by atoms with Crippen LogP contribution in [0.1, 0.15) is 12.6 Å². The fourth-order valence-corrected chi connectivity index (χ4v) is 1.61. The summed E-state index contributed by atoms with van der Waals surface area (Å²) in [6.07, 6.45) is 3.63. The van der Waals surface area contributed by atoms with E-state index in [0.717, 1.165) is 17.1 Å². The van der Waals surface area contributed by atoms with Gasteiger partial charge in [0.1, 0.15) is 5.82 Å². The molecule has 0 amide bonds. The molecule has 0 bridgehead atoms. The van der Waals surface area contributed by atoms with Gasteiger partial charge in [-0.2, -0.15) is 0 Å². The maximum Gasteiger partial charge on any atom is 0.163 e. The van der Waals surface area contributed by atoms with Crippen LogP contribution in [0.25, 0.3) is 11.4 Å². The zero-order valence-corrected chi connectivity index (χ0v) is 11.4. The number of aromatic nitrogens is 3. The van der Waals surface area contributed by atoms with Gasteiger partial charge in [-0.25, -0.2) is 9.97 Å². The quantitative estimate of drug-likeness (QED) is 0.891. The third-order valence-corrected chi connectivity index (χ3v) is 2.75. The fraction of sp³-hybridized carbons (Fsp3) is 0.357. The van der Waals surface area contributed by atoms with Crippen molar-refractivity contribution in [3.05, 3.63) is 36.3 Å². The van der Waals surface area contributed by atoms with Gasteiger partial charge in [0.15, 0.2) is 5.82 Å². The minimum absolute atomic E-state index is 0.136. The monoisotopic (exact) mass is 258 g/mol. The average Bonchev–Trinajstić information content (AvgIpc) is 2.45. The van der Waals surface area contributed by atoms with Crippen molar-refractivity contribution in [2.24, 2.45) is 0 Å². The van der Waals surface area contributed by atoms with Crippen molar-refractivity contribution in [3.63, 3.8) is 0 Å². The molecule has 1 unspecified atom stereocenters. The Labute approximate surface area is 113 Å². The first kappa shape index (κ1) is 13.4. The van der Waals surface area contributed by atoms with Gasteiger partial charge in [-0.05, 0) is 26.0 Å². The molecule has 1 N–H and O–H groups in total. The fourth-order valence-electron chi connectivity index (χ4n) is 1.61. The Morgan fingerprint density at radius 1 is 1.37 bits per heavy atom. The van der Waals surface area contributed by atoms with Crippen molar-refractivity contribution in [3.8, 4) is 11.4 Å². The largest absolute Gasteiger partial charge is 0.380 e. The number of hydrogen-bond donors (Lipinski definition) is 1. The molecule has 0 spiro atoms. The predicted molar refractivity (Wildman–Crippen MR) is 75.0 cm³/mol. The predicted octanol–water partition coefficient (Wildman–Crippen LogP) is 2.29. The summed E-state index contributed by atoms with van der Waals surface area (Å²) in [5, 5.41) is 3.25. The number of ether oxygens (including phenoxy) is 1. The standard InChI is InChI=1S/C14H18N4O/c1-10-7-13(16-8-11(2)19-3)18-14(17-10)12-5-4-6-15-9-12/h4-7,9,11H,8H2,1-3H3,(H,16,17,18). The summed E-state index contributed by atoms with van der Waals surface area (Å²) >= 11 is 0. The summed E-state index contributed by atoms with van der Waals surface area (Å²) in [6.45, 7) is 4.66. The number of hydrogen-bond acceptors (Lipinski definition) is 5. The number of anilines is 1. The summed E-state index contributed by atoms with van der Waals surface area (Å²) < 4.78 is 5.20. The van der Waals surface area contributed by atoms with E-state index in [-0.39, 0.29) is 6.10 Å². The van der Waals surface area contributed by atoms with Gasteiger partial charge in [0, 0.05) is 43.4 Å². The van der Waals surface area contributed by atoms with Crippen molar-refractivity contribution in [2.75, 3.05) is 19.0 Å². The zero-order valence-electron chi connectivity index (χ0n) is 11.4. The van der Waals surface area contributed by atoms with Crippen LogP contribution in [0.5, 0.6) is 0 Å². The van der Waals surface area contributed by atoms with Gasteiger partial charge in [-0.3, -0.25) is 4.98 Å². The Morgan fingerprint density at radius 3 is 2.89 bits per heavy atom. The van der Waals surface area contributed by atoms with Crippen molar-refractivity contribution >= 4 is 5.82 Å². The van der Waals surface area contributed by atoms with Crippen LogP contribution in [-0.2, 0) is 4.74 Å². The van der Waals surface area contributed by atoms with Crippen molar-refractivity contribution in [1.29, 1.82) is 0 Å². The van der Waals surface area contributed by atoms with Gasteiger partial charge in [0.25, 0.3) is 0 Å². The number of methoxy groups -OCH3 is 1. The Hall–Kier alpha value is -2.01. The van der Waals surface area contributed by atoms with E-state index < -0.39 is 0 Å². The minimum Gasteiger partial charge on any atom is -0.380 e. The molecule has 0 aromatic carbocycles. The highest BCUT2D eigenvalue weighted by Crippen LogP contribution is 2.16. The molecule has 100 valence electrons. The van der Waals surface area contributed by atoms with Crippen LogP contribution in [0.4, 0.5) is 5.82 Å². The van der Waals surface area contributed by atoms with Gasteiger partial charge < -0.3 is 10.1 Å². The van der Waals surface area contributed by atoms with E-state index >= 15 is 0 Å². The van der Waals surface area contributed by atoms with Gasteiger partial charge in [-0.15, -0.1) is 0 Å². The molecule has 0 radical (unpaired) electrons. The molecule has 0 aliphatic carbocycles. The molecule has 0 aliphatic rings. The Bertz CT molecular complexity index is 530. The second kappa shape index (κ2) is 6.24. The topological polar surface area (TPSA) is 59.9 Å². The van der Waals surface area contributed by atoms with E-state index in [4.69, 9.17) is 4.74 Å². The molecule has 1 atom stereocenters. The molecule has 19 heavy (non-hydrogen) atoms. The minimum atomic E-state index is 0.136. The maximum absolute atomic E-state index is 5.20. The molecule has 2 rings (SSSR count). The number of nitrogens with zero attached hydrogens (tertiary/aromatic N) is 3. The number of aryl methyl sites for hydroxylation is 1. The van der Waals surface area contributed by atoms with Crippen LogP contribution in [0.15, 0.2) is 30.6 Å². The molecule has 2 heterocycles. The van der Waals surface area contributed by atoms with Gasteiger partial charge >= 0.3 is 0 Å². The third kappa shape index (κ3) is 3.72. The smallest absolute Gasteiger partial charge is 0.163 e. The van der Waals surface area contributed by atoms with Gasteiger partial charge in [-0.1, -0.05) is 0 Å². The molecular weight excluding hydrogens is 240 g/mol. The van der Waals surface area contributed by atoms with Crippen LogP contribution >= 0.6 is 0 Å². The Balaban J connectivity index is 2.20. The van der Waals surface area contributed by atoms with Crippen LogP contribution in [0.2, 0.25) is 0 Å². The number of nitrogens with one attached hydrogen (secondary N) is 1. The van der Waals surface area contributed by atoms with Gasteiger partial charge in [0.05, 0.1) is 6.10 Å². The first-order valence-corrected chi connectivity index (χ1v) is 6.22. The average molecular weight is 258 g/mol. The van der Waals surface area contributed by atoms with Crippen molar-refractivity contribution in [1.82, 2.24) is 15.0 Å². The normalized spacial score (nSPS) is 12.2. The van der Waals surface area contributed by atoms with E-state index in [0.29, 0.717) is 12.4 Å². The molecule has 0 saturated heterocycles. The van der Waals surface area contributed by atoms with Gasteiger partial charge in [0.2, 0.25) is 0 Å². The lowest BCUT2D eigenvalue weighted by atomic mass is 10.2. The van der Waals surface area contributed by atoms with E-state index in [1.165, 1.54) is 0 Å². The van der Waals surface area contributed by atoms with Crippen LogP contribution < -0.4 is 5.32 Å². The first-order valence-electron chi connectivity index (χ1n) is 6.22. The van der Waals surface area contributed by atoms with Crippen LogP contribution in [0.3, 0.4) is 0 Å². The highest BCUT2D eigenvalue weighted by molar-refractivity contribution is 5.56. The lowest BCUT2D eigenvalue weighted by Crippen LogP contribution is -2.19. The van der Waals surface area contributed by atoms with E-state index in [1.807, 2.05) is 32.0 Å².